The van der Waals surface area contributed by atoms with Crippen LogP contribution in [0.4, 0.5) is 0 Å². The van der Waals surface area contributed by atoms with Crippen LogP contribution in [0.1, 0.15) is 20.7 Å². The molecular weight excluding hydrogens is 324 g/mol. The number of amides is 1. The minimum atomic E-state index is 0.0549. The molecule has 1 fully saturated rings. The lowest BCUT2D eigenvalue weighted by Crippen LogP contribution is -2.49. The van der Waals surface area contributed by atoms with Crippen molar-refractivity contribution in [2.45, 2.75) is 0 Å². The van der Waals surface area contributed by atoms with Crippen molar-refractivity contribution in [3.63, 3.8) is 0 Å². The van der Waals surface area contributed by atoms with Crippen LogP contribution in [0.15, 0.2) is 54.6 Å². The molecule has 4 nitrogen and oxygen atoms in total. The second-order valence-electron chi connectivity index (χ2n) is 5.86. The number of Topliss-reactive ketones (excluding diaryl/α,β-unsaturated/α-hetero) is 1. The molecule has 2 aromatic rings. The Hall–Kier alpha value is -2.17. The van der Waals surface area contributed by atoms with Gasteiger partial charge in [0.05, 0.1) is 6.54 Å². The van der Waals surface area contributed by atoms with Crippen molar-refractivity contribution in [3.8, 4) is 0 Å². The lowest BCUT2D eigenvalue weighted by molar-refractivity contribution is 0.0624. The Bertz CT molecular complexity index is 708. The van der Waals surface area contributed by atoms with Crippen LogP contribution in [-0.2, 0) is 0 Å². The van der Waals surface area contributed by atoms with Gasteiger partial charge in [-0.3, -0.25) is 14.5 Å². The van der Waals surface area contributed by atoms with Gasteiger partial charge in [0.25, 0.3) is 5.91 Å². The van der Waals surface area contributed by atoms with Crippen LogP contribution >= 0.6 is 11.6 Å². The SMILES string of the molecule is O=C(CN1CCN(C(=O)c2ccccc2)CC1)c1ccc(Cl)cc1. The van der Waals surface area contributed by atoms with Gasteiger partial charge in [0.1, 0.15) is 0 Å². The third kappa shape index (κ3) is 4.02. The summed E-state index contributed by atoms with van der Waals surface area (Å²) in [6, 6.07) is 16.3. The number of piperazine rings is 1. The van der Waals surface area contributed by atoms with Crippen molar-refractivity contribution >= 4 is 23.3 Å². The van der Waals surface area contributed by atoms with E-state index in [9.17, 15) is 9.59 Å². The number of carbonyl (C=O) groups excluding carboxylic acids is 2. The Kier molecular flexibility index (Phi) is 5.28. The summed E-state index contributed by atoms with van der Waals surface area (Å²) in [6.45, 7) is 3.06. The number of benzene rings is 2. The van der Waals surface area contributed by atoms with Crippen molar-refractivity contribution in [2.75, 3.05) is 32.7 Å². The molecule has 0 bridgehead atoms. The predicted octanol–water partition coefficient (Wildman–Crippen LogP) is 2.98. The van der Waals surface area contributed by atoms with E-state index >= 15 is 0 Å². The van der Waals surface area contributed by atoms with Crippen LogP contribution in [0.25, 0.3) is 0 Å². The predicted molar refractivity (Wildman–Crippen MR) is 94.6 cm³/mol. The van der Waals surface area contributed by atoms with E-state index in [0.717, 1.165) is 0 Å². The summed E-state index contributed by atoms with van der Waals surface area (Å²) in [6.07, 6.45) is 0. The van der Waals surface area contributed by atoms with Crippen LogP contribution in [0.2, 0.25) is 5.02 Å². The van der Waals surface area contributed by atoms with E-state index in [1.165, 1.54) is 0 Å². The monoisotopic (exact) mass is 342 g/mol. The molecule has 2 aromatic carbocycles. The summed E-state index contributed by atoms with van der Waals surface area (Å²) < 4.78 is 0. The molecule has 0 N–H and O–H groups in total. The molecule has 0 radical (unpaired) electrons. The van der Waals surface area contributed by atoms with Gasteiger partial charge in [0, 0.05) is 42.3 Å². The maximum absolute atomic E-state index is 12.4. The van der Waals surface area contributed by atoms with Gasteiger partial charge in [-0.1, -0.05) is 29.8 Å². The molecule has 1 aliphatic rings. The third-order valence-electron chi connectivity index (χ3n) is 4.21. The summed E-state index contributed by atoms with van der Waals surface area (Å²) in [7, 11) is 0. The molecule has 0 spiro atoms. The molecule has 0 atom stereocenters. The van der Waals surface area contributed by atoms with E-state index in [1.807, 2.05) is 35.2 Å². The van der Waals surface area contributed by atoms with Crippen molar-refractivity contribution < 1.29 is 9.59 Å². The van der Waals surface area contributed by atoms with E-state index in [0.29, 0.717) is 48.9 Å². The van der Waals surface area contributed by atoms with Gasteiger partial charge in [0.2, 0.25) is 0 Å². The maximum atomic E-state index is 12.4. The van der Waals surface area contributed by atoms with Gasteiger partial charge >= 0.3 is 0 Å². The molecule has 0 unspecified atom stereocenters. The Balaban J connectivity index is 1.53. The van der Waals surface area contributed by atoms with Crippen molar-refractivity contribution in [2.24, 2.45) is 0 Å². The summed E-state index contributed by atoms with van der Waals surface area (Å²) >= 11 is 5.85. The Labute approximate surface area is 146 Å². The summed E-state index contributed by atoms with van der Waals surface area (Å²) in [5, 5.41) is 0.625. The molecule has 124 valence electrons. The zero-order valence-electron chi connectivity index (χ0n) is 13.3. The van der Waals surface area contributed by atoms with E-state index in [-0.39, 0.29) is 11.7 Å². The van der Waals surface area contributed by atoms with Gasteiger partial charge in [0.15, 0.2) is 5.78 Å². The van der Waals surface area contributed by atoms with E-state index in [1.54, 1.807) is 24.3 Å². The molecule has 24 heavy (non-hydrogen) atoms. The highest BCUT2D eigenvalue weighted by atomic mass is 35.5. The number of ketones is 1. The lowest BCUT2D eigenvalue weighted by Gasteiger charge is -2.34. The van der Waals surface area contributed by atoms with Crippen LogP contribution < -0.4 is 0 Å². The second kappa shape index (κ2) is 7.60. The Morgan fingerprint density at radius 1 is 0.833 bits per heavy atom. The van der Waals surface area contributed by atoms with Gasteiger partial charge < -0.3 is 4.90 Å². The molecule has 1 saturated heterocycles. The summed E-state index contributed by atoms with van der Waals surface area (Å²) in [4.78, 5) is 28.6. The standard InChI is InChI=1S/C19H19ClN2O2/c20-17-8-6-15(7-9-17)18(23)14-21-10-12-22(13-11-21)19(24)16-4-2-1-3-5-16/h1-9H,10-14H2. The summed E-state index contributed by atoms with van der Waals surface area (Å²) in [5.41, 5.74) is 1.38. The molecule has 1 amide bonds. The first-order valence-corrected chi connectivity index (χ1v) is 8.37. The van der Waals surface area contributed by atoms with E-state index < -0.39 is 0 Å². The molecule has 0 saturated carbocycles. The number of nitrogens with zero attached hydrogens (tertiary/aromatic N) is 2. The first-order chi connectivity index (χ1) is 11.6. The fourth-order valence-corrected chi connectivity index (χ4v) is 2.93. The average molecular weight is 343 g/mol. The largest absolute Gasteiger partial charge is 0.336 e. The third-order valence-corrected chi connectivity index (χ3v) is 4.47. The second-order valence-corrected chi connectivity index (χ2v) is 6.30. The van der Waals surface area contributed by atoms with Gasteiger partial charge in [-0.25, -0.2) is 0 Å². The number of halogens is 1. The van der Waals surface area contributed by atoms with Crippen LogP contribution in [-0.4, -0.2) is 54.2 Å². The molecule has 0 aliphatic carbocycles. The first-order valence-electron chi connectivity index (χ1n) is 7.99. The normalized spacial score (nSPS) is 15.3. The quantitative estimate of drug-likeness (QED) is 0.802. The maximum Gasteiger partial charge on any atom is 0.253 e. The number of hydrogen-bond acceptors (Lipinski definition) is 3. The number of carbonyl (C=O) groups is 2. The highest BCUT2D eigenvalue weighted by molar-refractivity contribution is 6.30. The van der Waals surface area contributed by atoms with Gasteiger partial charge in [-0.05, 0) is 36.4 Å². The van der Waals surface area contributed by atoms with Gasteiger partial charge in [-0.15, -0.1) is 0 Å². The smallest absolute Gasteiger partial charge is 0.253 e. The van der Waals surface area contributed by atoms with Gasteiger partial charge in [-0.2, -0.15) is 0 Å². The number of rotatable bonds is 4. The topological polar surface area (TPSA) is 40.6 Å². The minimum absolute atomic E-state index is 0.0549. The first kappa shape index (κ1) is 16.7. The van der Waals surface area contributed by atoms with Crippen LogP contribution in [0, 0.1) is 0 Å². The zero-order chi connectivity index (χ0) is 16.9. The minimum Gasteiger partial charge on any atom is -0.336 e. The fraction of sp³-hybridized carbons (Fsp3) is 0.263. The summed E-state index contributed by atoms with van der Waals surface area (Å²) in [5.74, 6) is 0.133. The molecule has 0 aromatic heterocycles. The van der Waals surface area contributed by atoms with Crippen molar-refractivity contribution in [1.29, 1.82) is 0 Å². The van der Waals surface area contributed by atoms with Crippen molar-refractivity contribution in [3.05, 3.63) is 70.7 Å². The molecule has 5 heteroatoms. The highest BCUT2D eigenvalue weighted by Crippen LogP contribution is 2.12. The lowest BCUT2D eigenvalue weighted by atomic mass is 10.1. The Morgan fingerprint density at radius 3 is 2.08 bits per heavy atom. The molecule has 1 aliphatic heterocycles. The van der Waals surface area contributed by atoms with Crippen molar-refractivity contribution in [1.82, 2.24) is 9.80 Å². The van der Waals surface area contributed by atoms with E-state index in [4.69, 9.17) is 11.6 Å². The Morgan fingerprint density at radius 2 is 1.46 bits per heavy atom. The number of hydrogen-bond donors (Lipinski definition) is 0. The zero-order valence-corrected chi connectivity index (χ0v) is 14.1. The molecular formula is C19H19ClN2O2. The fourth-order valence-electron chi connectivity index (χ4n) is 2.80. The van der Waals surface area contributed by atoms with E-state index in [2.05, 4.69) is 4.90 Å². The van der Waals surface area contributed by atoms with Crippen LogP contribution in [0.5, 0.6) is 0 Å². The van der Waals surface area contributed by atoms with Crippen LogP contribution in [0.3, 0.4) is 0 Å². The highest BCUT2D eigenvalue weighted by Gasteiger charge is 2.23. The molecule has 1 heterocycles. The average Bonchev–Trinajstić information content (AvgIpc) is 2.63. The molecule has 3 rings (SSSR count).